The molecule has 3 rings (SSSR count). The number of carboxylic acid groups (broad SMARTS) is 1. The quantitative estimate of drug-likeness (QED) is 0.937. The first kappa shape index (κ1) is 16.5. The van der Waals surface area contributed by atoms with Crippen LogP contribution in [0.1, 0.15) is 28.8 Å². The second-order valence-corrected chi connectivity index (χ2v) is 6.34. The van der Waals surface area contributed by atoms with E-state index in [1.54, 1.807) is 6.20 Å². The van der Waals surface area contributed by atoms with E-state index in [-0.39, 0.29) is 5.56 Å². The van der Waals surface area contributed by atoms with Gasteiger partial charge in [-0.25, -0.2) is 4.79 Å². The molecule has 0 amide bonds. The fraction of sp³-hybridized carbons (Fsp3) is 0.368. The van der Waals surface area contributed by atoms with Crippen molar-refractivity contribution < 1.29 is 14.6 Å². The van der Waals surface area contributed by atoms with Gasteiger partial charge in [0.2, 0.25) is 5.43 Å². The number of aromatic nitrogens is 1. The van der Waals surface area contributed by atoms with Gasteiger partial charge < -0.3 is 14.4 Å². The highest BCUT2D eigenvalue weighted by molar-refractivity contribution is 5.88. The average molecular weight is 327 g/mol. The number of carboxylic acids is 1. The van der Waals surface area contributed by atoms with Gasteiger partial charge in [-0.05, 0) is 31.2 Å². The number of aromatic carboxylic acids is 1. The molecule has 0 unspecified atom stereocenters. The summed E-state index contributed by atoms with van der Waals surface area (Å²) in [5.74, 6) is -0.747. The molecule has 1 aliphatic rings. The largest absolute Gasteiger partial charge is 0.477 e. The Morgan fingerprint density at radius 3 is 2.50 bits per heavy atom. The molecule has 126 valence electrons. The summed E-state index contributed by atoms with van der Waals surface area (Å²) in [7, 11) is 0. The van der Waals surface area contributed by atoms with Crippen LogP contribution in [0.5, 0.6) is 0 Å². The lowest BCUT2D eigenvalue weighted by atomic mass is 9.99. The monoisotopic (exact) mass is 327 g/mol. The van der Waals surface area contributed by atoms with E-state index in [1.165, 1.54) is 6.20 Å². The van der Waals surface area contributed by atoms with Gasteiger partial charge in [-0.3, -0.25) is 4.79 Å². The van der Waals surface area contributed by atoms with Gasteiger partial charge in [0.25, 0.3) is 0 Å². The van der Waals surface area contributed by atoms with Gasteiger partial charge in [0.15, 0.2) is 0 Å². The molecule has 1 fully saturated rings. The molecule has 1 saturated heterocycles. The van der Waals surface area contributed by atoms with E-state index in [9.17, 15) is 14.7 Å². The number of ether oxygens (including phenoxy) is 1. The third-order valence-corrected chi connectivity index (χ3v) is 4.48. The van der Waals surface area contributed by atoms with Gasteiger partial charge in [-0.15, -0.1) is 0 Å². The molecule has 1 aromatic heterocycles. The molecule has 24 heavy (non-hydrogen) atoms. The maximum absolute atomic E-state index is 12.5. The molecule has 0 atom stereocenters. The van der Waals surface area contributed by atoms with E-state index >= 15 is 0 Å². The van der Waals surface area contributed by atoms with Crippen molar-refractivity contribution in [2.75, 3.05) is 13.2 Å². The third kappa shape index (κ3) is 3.57. The zero-order valence-corrected chi connectivity index (χ0v) is 13.7. The van der Waals surface area contributed by atoms with Crippen LogP contribution in [-0.4, -0.2) is 28.9 Å². The van der Waals surface area contributed by atoms with E-state index in [2.05, 4.69) is 0 Å². The van der Waals surface area contributed by atoms with Gasteiger partial charge in [-0.1, -0.05) is 29.8 Å². The fourth-order valence-electron chi connectivity index (χ4n) is 3.05. The number of carbonyl (C=O) groups is 1. The highest BCUT2D eigenvalue weighted by atomic mass is 16.5. The SMILES string of the molecule is Cc1ccc(-c2cn(CC3CCOCC3)cc(C(=O)O)c2=O)cc1. The zero-order chi connectivity index (χ0) is 17.1. The van der Waals surface area contributed by atoms with Crippen molar-refractivity contribution >= 4 is 5.97 Å². The van der Waals surface area contributed by atoms with Crippen LogP contribution < -0.4 is 5.43 Å². The zero-order valence-electron chi connectivity index (χ0n) is 13.7. The van der Waals surface area contributed by atoms with E-state index in [1.807, 2.05) is 35.8 Å². The number of aryl methyl sites for hydroxylation is 1. The second-order valence-electron chi connectivity index (χ2n) is 6.34. The van der Waals surface area contributed by atoms with Crippen molar-refractivity contribution in [3.05, 3.63) is 58.0 Å². The summed E-state index contributed by atoms with van der Waals surface area (Å²) in [5, 5.41) is 9.38. The van der Waals surface area contributed by atoms with Crippen LogP contribution in [0.2, 0.25) is 0 Å². The van der Waals surface area contributed by atoms with Crippen molar-refractivity contribution in [3.63, 3.8) is 0 Å². The Labute approximate surface area is 140 Å². The average Bonchev–Trinajstić information content (AvgIpc) is 2.58. The number of hydrogen-bond acceptors (Lipinski definition) is 3. The molecule has 1 aromatic carbocycles. The minimum atomic E-state index is -1.19. The number of nitrogens with zero attached hydrogens (tertiary/aromatic N) is 1. The Morgan fingerprint density at radius 1 is 1.21 bits per heavy atom. The lowest BCUT2D eigenvalue weighted by molar-refractivity contribution is 0.0609. The molecule has 5 nitrogen and oxygen atoms in total. The van der Waals surface area contributed by atoms with Gasteiger partial charge in [-0.2, -0.15) is 0 Å². The molecule has 0 saturated carbocycles. The molecule has 1 N–H and O–H groups in total. The van der Waals surface area contributed by atoms with Gasteiger partial charge in [0, 0.05) is 37.7 Å². The predicted molar refractivity (Wildman–Crippen MR) is 91.4 cm³/mol. The van der Waals surface area contributed by atoms with E-state index in [4.69, 9.17) is 4.74 Å². The molecule has 0 aliphatic carbocycles. The van der Waals surface area contributed by atoms with Crippen LogP contribution in [0.15, 0.2) is 41.5 Å². The molecule has 0 spiro atoms. The van der Waals surface area contributed by atoms with E-state index in [0.29, 0.717) is 18.0 Å². The lowest BCUT2D eigenvalue weighted by Crippen LogP contribution is -2.24. The van der Waals surface area contributed by atoms with Gasteiger partial charge in [0.05, 0.1) is 0 Å². The summed E-state index contributed by atoms with van der Waals surface area (Å²) >= 11 is 0. The first-order chi connectivity index (χ1) is 11.5. The van der Waals surface area contributed by atoms with Crippen molar-refractivity contribution in [2.45, 2.75) is 26.3 Å². The molecular weight excluding hydrogens is 306 g/mol. The van der Waals surface area contributed by atoms with Crippen molar-refractivity contribution in [1.29, 1.82) is 0 Å². The van der Waals surface area contributed by atoms with E-state index in [0.717, 1.165) is 37.2 Å². The molecule has 0 radical (unpaired) electrons. The third-order valence-electron chi connectivity index (χ3n) is 4.48. The highest BCUT2D eigenvalue weighted by Gasteiger charge is 2.18. The van der Waals surface area contributed by atoms with E-state index < -0.39 is 11.4 Å². The maximum atomic E-state index is 12.5. The summed E-state index contributed by atoms with van der Waals surface area (Å²) in [6, 6.07) is 7.56. The number of hydrogen-bond donors (Lipinski definition) is 1. The van der Waals surface area contributed by atoms with Crippen LogP contribution in [0, 0.1) is 12.8 Å². The summed E-state index contributed by atoms with van der Waals surface area (Å²) in [6.45, 7) is 4.15. The molecule has 1 aliphatic heterocycles. The summed E-state index contributed by atoms with van der Waals surface area (Å²) in [5.41, 5.74) is 1.65. The minimum Gasteiger partial charge on any atom is -0.477 e. The molecule has 0 bridgehead atoms. The fourth-order valence-corrected chi connectivity index (χ4v) is 3.05. The Bertz CT molecular complexity index is 786. The molecule has 2 heterocycles. The van der Waals surface area contributed by atoms with Crippen molar-refractivity contribution in [2.24, 2.45) is 5.92 Å². The van der Waals surface area contributed by atoms with Crippen LogP contribution in [0.3, 0.4) is 0 Å². The normalized spacial score (nSPS) is 15.4. The first-order valence-corrected chi connectivity index (χ1v) is 8.17. The minimum absolute atomic E-state index is 0.180. The van der Waals surface area contributed by atoms with Crippen LogP contribution in [0.25, 0.3) is 11.1 Å². The highest BCUT2D eigenvalue weighted by Crippen LogP contribution is 2.20. The standard InChI is InChI=1S/C19H21NO4/c1-13-2-4-15(5-3-13)16-11-20(10-14-6-8-24-9-7-14)12-17(18(16)21)19(22)23/h2-5,11-12,14H,6-10H2,1H3,(H,22,23). The van der Waals surface area contributed by atoms with Crippen molar-refractivity contribution in [1.82, 2.24) is 4.57 Å². The Hall–Kier alpha value is -2.40. The van der Waals surface area contributed by atoms with Gasteiger partial charge in [0.1, 0.15) is 5.56 Å². The first-order valence-electron chi connectivity index (χ1n) is 8.17. The van der Waals surface area contributed by atoms with Crippen LogP contribution in [0.4, 0.5) is 0 Å². The Kier molecular flexibility index (Phi) is 4.81. The number of benzene rings is 1. The number of rotatable bonds is 4. The maximum Gasteiger partial charge on any atom is 0.341 e. The summed E-state index contributed by atoms with van der Waals surface area (Å²) in [4.78, 5) is 24.0. The van der Waals surface area contributed by atoms with Crippen LogP contribution >= 0.6 is 0 Å². The van der Waals surface area contributed by atoms with Crippen molar-refractivity contribution in [3.8, 4) is 11.1 Å². The Morgan fingerprint density at radius 2 is 1.88 bits per heavy atom. The topological polar surface area (TPSA) is 68.5 Å². The predicted octanol–water partition coefficient (Wildman–Crippen LogP) is 2.95. The second kappa shape index (κ2) is 7.01. The Balaban J connectivity index is 2.01. The smallest absolute Gasteiger partial charge is 0.341 e. The molecular formula is C19H21NO4. The lowest BCUT2D eigenvalue weighted by Gasteiger charge is -2.23. The summed E-state index contributed by atoms with van der Waals surface area (Å²) < 4.78 is 7.21. The van der Waals surface area contributed by atoms with Crippen LogP contribution in [-0.2, 0) is 11.3 Å². The number of pyridine rings is 1. The molecule has 5 heteroatoms. The van der Waals surface area contributed by atoms with Gasteiger partial charge >= 0.3 is 5.97 Å². The summed E-state index contributed by atoms with van der Waals surface area (Å²) in [6.07, 6.45) is 5.13. The molecule has 2 aromatic rings.